The third kappa shape index (κ3) is 3.12. The van der Waals surface area contributed by atoms with Crippen LogP contribution in [0.3, 0.4) is 0 Å². The summed E-state index contributed by atoms with van der Waals surface area (Å²) in [5.74, 6) is 0.413. The summed E-state index contributed by atoms with van der Waals surface area (Å²) in [6.45, 7) is 7.37. The SMILES string of the molecule is CCC(C)C1(O)CCN(Cc2ccccc2)CC1. The molecule has 0 radical (unpaired) electrons. The van der Waals surface area contributed by atoms with E-state index in [1.165, 1.54) is 5.56 Å². The van der Waals surface area contributed by atoms with Gasteiger partial charge in [0.2, 0.25) is 0 Å². The molecule has 1 aliphatic heterocycles. The Labute approximate surface area is 111 Å². The minimum atomic E-state index is -0.429. The lowest BCUT2D eigenvalue weighted by Gasteiger charge is -2.41. The molecule has 2 heteroatoms. The van der Waals surface area contributed by atoms with E-state index in [0.717, 1.165) is 38.9 Å². The molecule has 1 aliphatic rings. The topological polar surface area (TPSA) is 23.5 Å². The quantitative estimate of drug-likeness (QED) is 0.884. The first kappa shape index (κ1) is 13.6. The van der Waals surface area contributed by atoms with E-state index < -0.39 is 5.60 Å². The van der Waals surface area contributed by atoms with Crippen molar-refractivity contribution >= 4 is 0 Å². The average Bonchev–Trinajstić information content (AvgIpc) is 2.42. The minimum Gasteiger partial charge on any atom is -0.390 e. The summed E-state index contributed by atoms with van der Waals surface area (Å²) < 4.78 is 0. The summed E-state index contributed by atoms with van der Waals surface area (Å²) >= 11 is 0. The van der Waals surface area contributed by atoms with Crippen LogP contribution in [0.25, 0.3) is 0 Å². The van der Waals surface area contributed by atoms with Crippen molar-refractivity contribution in [1.82, 2.24) is 4.90 Å². The van der Waals surface area contributed by atoms with E-state index in [9.17, 15) is 5.11 Å². The van der Waals surface area contributed by atoms with Crippen molar-refractivity contribution in [2.45, 2.75) is 45.3 Å². The van der Waals surface area contributed by atoms with Crippen LogP contribution in [0.15, 0.2) is 30.3 Å². The lowest BCUT2D eigenvalue weighted by atomic mass is 9.79. The highest BCUT2D eigenvalue weighted by molar-refractivity contribution is 5.14. The summed E-state index contributed by atoms with van der Waals surface area (Å²) in [7, 11) is 0. The molecule has 1 aromatic carbocycles. The lowest BCUT2D eigenvalue weighted by molar-refractivity contribution is -0.0641. The zero-order valence-corrected chi connectivity index (χ0v) is 11.6. The summed E-state index contributed by atoms with van der Waals surface area (Å²) in [4.78, 5) is 2.45. The number of aliphatic hydroxyl groups is 1. The molecular formula is C16H25NO. The molecule has 18 heavy (non-hydrogen) atoms. The van der Waals surface area contributed by atoms with Crippen LogP contribution in [0.5, 0.6) is 0 Å². The molecule has 0 spiro atoms. The lowest BCUT2D eigenvalue weighted by Crippen LogP contribution is -2.47. The maximum absolute atomic E-state index is 10.6. The first-order chi connectivity index (χ1) is 8.64. The number of rotatable bonds is 4. The summed E-state index contributed by atoms with van der Waals surface area (Å²) in [5, 5.41) is 10.6. The van der Waals surface area contributed by atoms with Gasteiger partial charge in [-0.15, -0.1) is 0 Å². The second kappa shape index (κ2) is 5.85. The van der Waals surface area contributed by atoms with Gasteiger partial charge < -0.3 is 5.11 Å². The van der Waals surface area contributed by atoms with Crippen LogP contribution in [0, 0.1) is 5.92 Å². The van der Waals surface area contributed by atoms with Crippen LogP contribution >= 0.6 is 0 Å². The third-order valence-corrected chi connectivity index (χ3v) is 4.50. The molecule has 0 saturated carbocycles. The number of nitrogens with zero attached hydrogens (tertiary/aromatic N) is 1. The molecule has 1 aromatic rings. The maximum Gasteiger partial charge on any atom is 0.0697 e. The van der Waals surface area contributed by atoms with Crippen LogP contribution in [0.2, 0.25) is 0 Å². The smallest absolute Gasteiger partial charge is 0.0697 e. The Hall–Kier alpha value is -0.860. The Balaban J connectivity index is 1.87. The highest BCUT2D eigenvalue weighted by Gasteiger charge is 2.36. The summed E-state index contributed by atoms with van der Waals surface area (Å²) in [6.07, 6.45) is 2.89. The van der Waals surface area contributed by atoms with E-state index >= 15 is 0 Å². The average molecular weight is 247 g/mol. The standard InChI is InChI=1S/C16H25NO/c1-3-14(2)16(18)9-11-17(12-10-16)13-15-7-5-4-6-8-15/h4-8,14,18H,3,9-13H2,1-2H3. The van der Waals surface area contributed by atoms with E-state index in [1.54, 1.807) is 0 Å². The zero-order valence-electron chi connectivity index (χ0n) is 11.6. The normalized spacial score (nSPS) is 21.7. The Kier molecular flexibility index (Phi) is 4.41. The molecule has 2 nitrogen and oxygen atoms in total. The number of hydrogen-bond acceptors (Lipinski definition) is 2. The van der Waals surface area contributed by atoms with Crippen molar-refractivity contribution in [3.8, 4) is 0 Å². The molecule has 1 heterocycles. The van der Waals surface area contributed by atoms with Gasteiger partial charge >= 0.3 is 0 Å². The molecule has 1 saturated heterocycles. The summed E-state index contributed by atoms with van der Waals surface area (Å²) in [6, 6.07) is 10.6. The second-order valence-electron chi connectivity index (χ2n) is 5.67. The first-order valence-electron chi connectivity index (χ1n) is 7.13. The van der Waals surface area contributed by atoms with Crippen LogP contribution in [-0.4, -0.2) is 28.7 Å². The van der Waals surface area contributed by atoms with Gasteiger partial charge in [0.05, 0.1) is 5.60 Å². The van der Waals surface area contributed by atoms with E-state index in [-0.39, 0.29) is 0 Å². The van der Waals surface area contributed by atoms with E-state index in [4.69, 9.17) is 0 Å². The van der Waals surface area contributed by atoms with Crippen molar-refractivity contribution < 1.29 is 5.11 Å². The van der Waals surface area contributed by atoms with Gasteiger partial charge in [-0.3, -0.25) is 4.90 Å². The molecule has 2 rings (SSSR count). The third-order valence-electron chi connectivity index (χ3n) is 4.50. The van der Waals surface area contributed by atoms with Crippen molar-refractivity contribution in [3.05, 3.63) is 35.9 Å². The van der Waals surface area contributed by atoms with Crippen molar-refractivity contribution in [2.75, 3.05) is 13.1 Å². The molecule has 1 atom stereocenters. The van der Waals surface area contributed by atoms with Crippen molar-refractivity contribution in [2.24, 2.45) is 5.92 Å². The minimum absolute atomic E-state index is 0.413. The van der Waals surface area contributed by atoms with Gasteiger partial charge in [0, 0.05) is 19.6 Å². The molecule has 100 valence electrons. The highest BCUT2D eigenvalue weighted by atomic mass is 16.3. The Bertz CT molecular complexity index is 355. The first-order valence-corrected chi connectivity index (χ1v) is 7.13. The molecule has 0 aromatic heterocycles. The molecule has 0 bridgehead atoms. The largest absolute Gasteiger partial charge is 0.390 e. The fraction of sp³-hybridized carbons (Fsp3) is 0.625. The van der Waals surface area contributed by atoms with Crippen molar-refractivity contribution in [3.63, 3.8) is 0 Å². The molecule has 0 aliphatic carbocycles. The molecule has 1 unspecified atom stereocenters. The van der Waals surface area contributed by atoms with E-state index in [1.807, 2.05) is 0 Å². The molecule has 1 N–H and O–H groups in total. The monoisotopic (exact) mass is 247 g/mol. The Morgan fingerprint density at radius 3 is 2.39 bits per heavy atom. The maximum atomic E-state index is 10.6. The fourth-order valence-corrected chi connectivity index (χ4v) is 2.81. The highest BCUT2D eigenvalue weighted by Crippen LogP contribution is 2.32. The number of likely N-dealkylation sites (tertiary alicyclic amines) is 1. The number of benzene rings is 1. The van der Waals surface area contributed by atoms with Crippen molar-refractivity contribution in [1.29, 1.82) is 0 Å². The number of hydrogen-bond donors (Lipinski definition) is 1. The molecule has 1 fully saturated rings. The molecular weight excluding hydrogens is 222 g/mol. The van der Waals surface area contributed by atoms with Gasteiger partial charge in [0.15, 0.2) is 0 Å². The van der Waals surface area contributed by atoms with Gasteiger partial charge in [0.25, 0.3) is 0 Å². The fourth-order valence-electron chi connectivity index (χ4n) is 2.81. The van der Waals surface area contributed by atoms with Crippen LogP contribution in [0.4, 0.5) is 0 Å². The predicted octanol–water partition coefficient (Wildman–Crippen LogP) is 3.06. The van der Waals surface area contributed by atoms with Gasteiger partial charge in [0.1, 0.15) is 0 Å². The predicted molar refractivity (Wildman–Crippen MR) is 75.4 cm³/mol. The van der Waals surface area contributed by atoms with E-state index in [0.29, 0.717) is 5.92 Å². The zero-order chi connectivity index (χ0) is 13.0. The molecule has 0 amide bonds. The number of piperidine rings is 1. The summed E-state index contributed by atoms with van der Waals surface area (Å²) in [5.41, 5.74) is 0.938. The van der Waals surface area contributed by atoms with Gasteiger partial charge in [-0.1, -0.05) is 50.6 Å². The van der Waals surface area contributed by atoms with Gasteiger partial charge in [-0.25, -0.2) is 0 Å². The van der Waals surface area contributed by atoms with Gasteiger partial charge in [-0.05, 0) is 24.3 Å². The Morgan fingerprint density at radius 2 is 1.83 bits per heavy atom. The van der Waals surface area contributed by atoms with Crippen LogP contribution < -0.4 is 0 Å². The van der Waals surface area contributed by atoms with E-state index in [2.05, 4.69) is 49.1 Å². The van der Waals surface area contributed by atoms with Crippen LogP contribution in [0.1, 0.15) is 38.7 Å². The second-order valence-corrected chi connectivity index (χ2v) is 5.67. The Morgan fingerprint density at radius 1 is 1.22 bits per heavy atom. The van der Waals surface area contributed by atoms with Crippen LogP contribution in [-0.2, 0) is 6.54 Å². The van der Waals surface area contributed by atoms with Gasteiger partial charge in [-0.2, -0.15) is 0 Å².